The molecule has 1 radical (unpaired) electrons. The third-order valence-corrected chi connectivity index (χ3v) is 5.53. The van der Waals surface area contributed by atoms with Crippen molar-refractivity contribution in [3.8, 4) is 12.3 Å². The van der Waals surface area contributed by atoms with Crippen LogP contribution >= 0.6 is 23.2 Å². The van der Waals surface area contributed by atoms with Crippen molar-refractivity contribution in [2.45, 2.75) is 12.5 Å². The van der Waals surface area contributed by atoms with E-state index in [0.29, 0.717) is 47.6 Å². The van der Waals surface area contributed by atoms with Gasteiger partial charge in [-0.25, -0.2) is 10.5 Å². The minimum Gasteiger partial charge on any atom is -0.368 e. The number of carbonyl (C=O) groups excluding carboxylic acids is 2. The maximum atomic E-state index is 12.6. The fourth-order valence-electron chi connectivity index (χ4n) is 3.17. The molecule has 0 aromatic heterocycles. The minimum atomic E-state index is -0.982. The van der Waals surface area contributed by atoms with Gasteiger partial charge in [0.05, 0.1) is 15.7 Å². The van der Waals surface area contributed by atoms with Gasteiger partial charge in [0.25, 0.3) is 0 Å². The number of carbonyl (C=O) groups is 2. The molecule has 0 bridgehead atoms. The molecule has 0 aliphatic carbocycles. The van der Waals surface area contributed by atoms with E-state index in [4.69, 9.17) is 35.4 Å². The highest BCUT2D eigenvalue weighted by Gasteiger charge is 2.22. The van der Waals surface area contributed by atoms with Crippen LogP contribution < -0.4 is 21.3 Å². The Morgan fingerprint density at radius 1 is 1.03 bits per heavy atom. The molecule has 2 aromatic rings. The molecule has 2 aromatic carbocycles. The number of nitrogens with one attached hydrogen (secondary N) is 3. The molecule has 3 N–H and O–H groups in total. The number of nitrogens with zero attached hydrogens (tertiary/aromatic N) is 2. The summed E-state index contributed by atoms with van der Waals surface area (Å²) in [6, 6.07) is 11.2. The molecule has 0 saturated carbocycles. The van der Waals surface area contributed by atoms with E-state index in [1.165, 1.54) is 0 Å². The van der Waals surface area contributed by atoms with Gasteiger partial charge in [0, 0.05) is 44.0 Å². The van der Waals surface area contributed by atoms with E-state index in [1.54, 1.807) is 35.2 Å². The topological polar surface area (TPSA) is 88.5 Å². The summed E-state index contributed by atoms with van der Waals surface area (Å²) in [5.74, 6) is 1.89. The predicted molar refractivity (Wildman–Crippen MR) is 125 cm³/mol. The van der Waals surface area contributed by atoms with Crippen molar-refractivity contribution in [3.63, 3.8) is 0 Å². The summed E-state index contributed by atoms with van der Waals surface area (Å²) in [6.07, 6.45) is 5.22. The highest BCUT2D eigenvalue weighted by atomic mass is 35.5. The van der Waals surface area contributed by atoms with E-state index in [-0.39, 0.29) is 12.5 Å². The molecule has 9 heteroatoms. The van der Waals surface area contributed by atoms with Gasteiger partial charge < -0.3 is 20.4 Å². The van der Waals surface area contributed by atoms with Gasteiger partial charge in [0.15, 0.2) is 0 Å². The Bertz CT molecular complexity index is 962. The van der Waals surface area contributed by atoms with E-state index in [9.17, 15) is 9.59 Å². The number of terminal acetylenes is 1. The molecule has 1 atom stereocenters. The van der Waals surface area contributed by atoms with E-state index in [0.717, 1.165) is 5.69 Å². The summed E-state index contributed by atoms with van der Waals surface area (Å²) in [5, 5.41) is 6.25. The summed E-state index contributed by atoms with van der Waals surface area (Å²) >= 11 is 12.2. The fourth-order valence-corrected chi connectivity index (χ4v) is 3.66. The number of halogens is 2. The van der Waals surface area contributed by atoms with E-state index >= 15 is 0 Å². The molecule has 1 aliphatic heterocycles. The second-order valence-electron chi connectivity index (χ2n) is 7.00. The normalized spacial score (nSPS) is 14.5. The molecular formula is C22H22Cl2N5O2. The van der Waals surface area contributed by atoms with Crippen LogP contribution in [0.1, 0.15) is 6.42 Å². The van der Waals surface area contributed by atoms with Gasteiger partial charge >= 0.3 is 6.03 Å². The number of benzene rings is 2. The lowest BCUT2D eigenvalue weighted by Crippen LogP contribution is -2.50. The van der Waals surface area contributed by atoms with Crippen LogP contribution in [0.4, 0.5) is 21.9 Å². The van der Waals surface area contributed by atoms with Crippen molar-refractivity contribution in [2.75, 3.05) is 41.7 Å². The number of hydrogen-bond acceptors (Lipinski definition) is 3. The number of urea groups is 1. The lowest BCUT2D eigenvalue weighted by atomic mass is 10.2. The molecule has 1 heterocycles. The zero-order chi connectivity index (χ0) is 22.4. The third kappa shape index (κ3) is 5.82. The first-order valence-electron chi connectivity index (χ1n) is 9.69. The zero-order valence-corrected chi connectivity index (χ0v) is 18.2. The number of hydrogen-bond donors (Lipinski definition) is 2. The molecule has 1 fully saturated rings. The fraction of sp³-hybridized carbons (Fsp3) is 0.273. The number of anilines is 3. The lowest BCUT2D eigenvalue weighted by Gasteiger charge is -2.36. The van der Waals surface area contributed by atoms with Gasteiger partial charge in [-0.15, -0.1) is 12.3 Å². The maximum Gasteiger partial charge on any atom is 0.322 e. The highest BCUT2D eigenvalue weighted by molar-refractivity contribution is 6.39. The second-order valence-corrected chi connectivity index (χ2v) is 7.81. The Morgan fingerprint density at radius 3 is 2.23 bits per heavy atom. The van der Waals surface area contributed by atoms with Crippen LogP contribution in [0, 0.1) is 12.3 Å². The monoisotopic (exact) mass is 458 g/mol. The van der Waals surface area contributed by atoms with Crippen molar-refractivity contribution in [2.24, 2.45) is 0 Å². The number of amides is 3. The van der Waals surface area contributed by atoms with Gasteiger partial charge in [0.2, 0.25) is 5.91 Å². The van der Waals surface area contributed by atoms with E-state index in [1.807, 2.05) is 12.1 Å². The SMILES string of the molecule is C#CCC([NH])C(=O)Nc1ccc(N2CCN(C(=O)Nc3c(Cl)cccc3Cl)CC2)cc1. The average molecular weight is 459 g/mol. The van der Waals surface area contributed by atoms with Crippen molar-refractivity contribution >= 4 is 52.2 Å². The summed E-state index contributed by atoms with van der Waals surface area (Å²) < 4.78 is 0. The molecule has 161 valence electrons. The Morgan fingerprint density at radius 2 is 1.65 bits per heavy atom. The van der Waals surface area contributed by atoms with Crippen LogP contribution in [0.3, 0.4) is 0 Å². The van der Waals surface area contributed by atoms with Gasteiger partial charge in [-0.05, 0) is 36.4 Å². The van der Waals surface area contributed by atoms with Crippen LogP contribution in [0.2, 0.25) is 10.0 Å². The van der Waals surface area contributed by atoms with Crippen molar-refractivity contribution in [1.29, 1.82) is 0 Å². The van der Waals surface area contributed by atoms with Crippen LogP contribution in [0.25, 0.3) is 0 Å². The Kier molecular flexibility index (Phi) is 7.64. The second kappa shape index (κ2) is 10.4. The largest absolute Gasteiger partial charge is 0.368 e. The van der Waals surface area contributed by atoms with E-state index < -0.39 is 11.9 Å². The van der Waals surface area contributed by atoms with E-state index in [2.05, 4.69) is 21.5 Å². The zero-order valence-electron chi connectivity index (χ0n) is 16.7. The maximum absolute atomic E-state index is 12.6. The number of rotatable bonds is 5. The molecule has 3 rings (SSSR count). The highest BCUT2D eigenvalue weighted by Crippen LogP contribution is 2.30. The minimum absolute atomic E-state index is 0.0739. The standard InChI is InChI=1S/C22H22Cl2N5O2/c1-2-4-19(25)21(30)26-15-7-9-16(10-8-15)28-11-13-29(14-12-28)22(31)27-20-17(23)5-3-6-18(20)24/h1,3,5-10,19,25H,4,11-14H2,(H,26,30)(H,27,31). The van der Waals surface area contributed by atoms with Gasteiger partial charge in [-0.2, -0.15) is 0 Å². The van der Waals surface area contributed by atoms with Crippen molar-refractivity contribution in [3.05, 3.63) is 52.5 Å². The average Bonchev–Trinajstić information content (AvgIpc) is 2.77. The van der Waals surface area contributed by atoms with Gasteiger partial charge in [-0.1, -0.05) is 29.3 Å². The van der Waals surface area contributed by atoms with Crippen LogP contribution in [-0.2, 0) is 4.79 Å². The molecule has 1 aliphatic rings. The first-order valence-corrected chi connectivity index (χ1v) is 10.4. The predicted octanol–water partition coefficient (Wildman–Crippen LogP) is 3.96. The lowest BCUT2D eigenvalue weighted by molar-refractivity contribution is -0.117. The van der Waals surface area contributed by atoms with Gasteiger partial charge in [-0.3, -0.25) is 4.79 Å². The molecule has 7 nitrogen and oxygen atoms in total. The first-order chi connectivity index (χ1) is 14.9. The first kappa shape index (κ1) is 22.8. The third-order valence-electron chi connectivity index (χ3n) is 4.90. The molecule has 0 spiro atoms. The smallest absolute Gasteiger partial charge is 0.322 e. The van der Waals surface area contributed by atoms with Gasteiger partial charge in [0.1, 0.15) is 6.04 Å². The molecule has 1 unspecified atom stereocenters. The molecule has 1 saturated heterocycles. The Hall–Kier alpha value is -2.92. The summed E-state index contributed by atoms with van der Waals surface area (Å²) in [4.78, 5) is 28.3. The van der Waals surface area contributed by atoms with Crippen molar-refractivity contribution < 1.29 is 9.59 Å². The Balaban J connectivity index is 1.53. The molecule has 31 heavy (non-hydrogen) atoms. The molecule has 3 amide bonds. The summed E-state index contributed by atoms with van der Waals surface area (Å²) in [6.45, 7) is 2.40. The van der Waals surface area contributed by atoms with Crippen molar-refractivity contribution in [1.82, 2.24) is 10.6 Å². The van der Waals surface area contributed by atoms with Crippen LogP contribution in [0.5, 0.6) is 0 Å². The summed E-state index contributed by atoms with van der Waals surface area (Å²) in [5.41, 5.74) is 9.67. The number of para-hydroxylation sites is 1. The molecular weight excluding hydrogens is 437 g/mol. The van der Waals surface area contributed by atoms with Crippen LogP contribution in [-0.4, -0.2) is 49.1 Å². The number of piperazine rings is 1. The quantitative estimate of drug-likeness (QED) is 0.664. The van der Waals surface area contributed by atoms with Crippen LogP contribution in [0.15, 0.2) is 42.5 Å². The summed E-state index contributed by atoms with van der Waals surface area (Å²) in [7, 11) is 0. The Labute approximate surface area is 191 Å².